The molecule has 0 heterocycles. The maximum atomic E-state index is 12.3. The second-order valence-corrected chi connectivity index (χ2v) is 8.88. The van der Waals surface area contributed by atoms with Crippen LogP contribution in [0.1, 0.15) is 43.0 Å². The van der Waals surface area contributed by atoms with Gasteiger partial charge in [-0.25, -0.2) is 8.42 Å². The Kier molecular flexibility index (Phi) is 4.93. The van der Waals surface area contributed by atoms with Gasteiger partial charge >= 0.3 is 0 Å². The lowest BCUT2D eigenvalue weighted by Gasteiger charge is -2.42. The van der Waals surface area contributed by atoms with Crippen molar-refractivity contribution in [1.29, 1.82) is 0 Å². The molecule has 0 saturated heterocycles. The van der Waals surface area contributed by atoms with E-state index in [1.807, 2.05) is 6.92 Å². The van der Waals surface area contributed by atoms with Crippen molar-refractivity contribution >= 4 is 53.2 Å². The maximum Gasteiger partial charge on any atom is 0.262 e. The number of benzene rings is 1. The quantitative estimate of drug-likeness (QED) is 0.754. The van der Waals surface area contributed by atoms with Crippen molar-refractivity contribution < 1.29 is 13.2 Å². The Labute approximate surface area is 141 Å². The molecule has 0 aliphatic heterocycles. The first-order valence-electron chi connectivity index (χ1n) is 6.45. The minimum atomic E-state index is -3.99. The third kappa shape index (κ3) is 3.55. The van der Waals surface area contributed by atoms with Gasteiger partial charge < -0.3 is 5.32 Å². The van der Waals surface area contributed by atoms with Gasteiger partial charge in [0.15, 0.2) is 0 Å². The number of rotatable bonds is 4. The van der Waals surface area contributed by atoms with Gasteiger partial charge in [0.25, 0.3) is 15.0 Å². The topological polar surface area (TPSA) is 63.2 Å². The average Bonchev–Trinajstić information content (AvgIpc) is 2.35. The fourth-order valence-electron chi connectivity index (χ4n) is 2.36. The molecule has 1 N–H and O–H groups in total. The number of nitrogens with one attached hydrogen (secondary N) is 1. The van der Waals surface area contributed by atoms with Crippen LogP contribution in [0.5, 0.6) is 0 Å². The van der Waals surface area contributed by atoms with E-state index in [1.54, 1.807) is 0 Å². The summed E-state index contributed by atoms with van der Waals surface area (Å²) >= 11 is 9.04. The van der Waals surface area contributed by atoms with Gasteiger partial charge in [-0.3, -0.25) is 4.79 Å². The standard InChI is InChI=1S/C13H14BrCl2NO3S/c1-2-13(4-3-5-13)17-12(18)8-6-9(15)11(14)10(7-8)21(16,19)20/h6-7H,2-5H2,1H3,(H,17,18). The Morgan fingerprint density at radius 1 is 1.43 bits per heavy atom. The highest BCUT2D eigenvalue weighted by Gasteiger charge is 2.36. The van der Waals surface area contributed by atoms with Crippen molar-refractivity contribution in [2.75, 3.05) is 0 Å². The molecule has 1 aliphatic rings. The number of hydrogen-bond acceptors (Lipinski definition) is 3. The van der Waals surface area contributed by atoms with E-state index in [2.05, 4.69) is 21.2 Å². The van der Waals surface area contributed by atoms with Crippen LogP contribution >= 0.6 is 38.2 Å². The Morgan fingerprint density at radius 2 is 2.05 bits per heavy atom. The van der Waals surface area contributed by atoms with Crippen LogP contribution in [0.15, 0.2) is 21.5 Å². The summed E-state index contributed by atoms with van der Waals surface area (Å²) in [5.41, 5.74) is -0.00135. The first-order valence-corrected chi connectivity index (χ1v) is 9.93. The molecule has 0 spiro atoms. The van der Waals surface area contributed by atoms with Gasteiger partial charge in [-0.1, -0.05) is 18.5 Å². The fourth-order valence-corrected chi connectivity index (χ4v) is 4.74. The SMILES string of the molecule is CCC1(NC(=O)c2cc(Cl)c(Br)c(S(=O)(=O)Cl)c2)CCC1. The summed E-state index contributed by atoms with van der Waals surface area (Å²) in [5.74, 6) is -0.340. The minimum Gasteiger partial charge on any atom is -0.347 e. The Hall–Kier alpha value is -0.300. The largest absolute Gasteiger partial charge is 0.347 e. The van der Waals surface area contributed by atoms with Crippen LogP contribution in [0.3, 0.4) is 0 Å². The van der Waals surface area contributed by atoms with Crippen LogP contribution in [-0.2, 0) is 9.05 Å². The second kappa shape index (κ2) is 6.07. The average molecular weight is 415 g/mol. The monoisotopic (exact) mass is 413 g/mol. The molecule has 0 radical (unpaired) electrons. The highest BCUT2D eigenvalue weighted by molar-refractivity contribution is 9.10. The van der Waals surface area contributed by atoms with Gasteiger partial charge in [-0.05, 0) is 53.7 Å². The van der Waals surface area contributed by atoms with Crippen molar-refractivity contribution in [3.8, 4) is 0 Å². The Bertz CT molecular complexity index is 681. The normalized spacial score (nSPS) is 17.1. The van der Waals surface area contributed by atoms with E-state index < -0.39 is 9.05 Å². The van der Waals surface area contributed by atoms with Gasteiger partial charge in [0.2, 0.25) is 0 Å². The van der Waals surface area contributed by atoms with Crippen LogP contribution in [0.2, 0.25) is 5.02 Å². The third-order valence-corrected chi connectivity index (χ3v) is 6.88. The highest BCUT2D eigenvalue weighted by atomic mass is 79.9. The summed E-state index contributed by atoms with van der Waals surface area (Å²) in [5, 5.41) is 3.10. The molecule has 0 unspecified atom stereocenters. The lowest BCUT2D eigenvalue weighted by molar-refractivity contribution is 0.0820. The third-order valence-electron chi connectivity index (χ3n) is 3.89. The number of carbonyl (C=O) groups is 1. The zero-order chi connectivity index (χ0) is 15.8. The molecule has 1 fully saturated rings. The molecular formula is C13H14BrCl2NO3S. The van der Waals surface area contributed by atoms with Gasteiger partial charge in [-0.2, -0.15) is 0 Å². The minimum absolute atomic E-state index is 0.126. The summed E-state index contributed by atoms with van der Waals surface area (Å²) in [6.07, 6.45) is 3.78. The Morgan fingerprint density at radius 3 is 2.48 bits per heavy atom. The highest BCUT2D eigenvalue weighted by Crippen LogP contribution is 2.36. The van der Waals surface area contributed by atoms with Gasteiger partial charge in [0.1, 0.15) is 0 Å². The van der Waals surface area contributed by atoms with Gasteiger partial charge in [0, 0.05) is 21.8 Å². The maximum absolute atomic E-state index is 12.3. The van der Waals surface area contributed by atoms with Crippen LogP contribution in [-0.4, -0.2) is 19.9 Å². The van der Waals surface area contributed by atoms with Crippen molar-refractivity contribution in [1.82, 2.24) is 5.32 Å². The van der Waals surface area contributed by atoms with E-state index in [-0.39, 0.29) is 31.4 Å². The van der Waals surface area contributed by atoms with E-state index in [4.69, 9.17) is 22.3 Å². The molecule has 0 atom stereocenters. The molecule has 0 aromatic heterocycles. The molecule has 1 aliphatic carbocycles. The molecule has 1 aromatic rings. The predicted octanol–water partition coefficient (Wildman–Crippen LogP) is 4.09. The number of halogens is 3. The number of amides is 1. The zero-order valence-corrected chi connectivity index (χ0v) is 15.2. The molecule has 2 rings (SSSR count). The molecule has 21 heavy (non-hydrogen) atoms. The smallest absolute Gasteiger partial charge is 0.262 e. The zero-order valence-electron chi connectivity index (χ0n) is 11.3. The number of carbonyl (C=O) groups excluding carboxylic acids is 1. The Balaban J connectivity index is 2.36. The molecule has 0 bridgehead atoms. The van der Waals surface area contributed by atoms with Crippen LogP contribution < -0.4 is 5.32 Å². The molecule has 1 aromatic carbocycles. The summed E-state index contributed by atoms with van der Waals surface area (Å²) in [7, 11) is 1.37. The van der Waals surface area contributed by atoms with Crippen LogP contribution in [0, 0.1) is 0 Å². The van der Waals surface area contributed by atoms with E-state index >= 15 is 0 Å². The summed E-state index contributed by atoms with van der Waals surface area (Å²) in [4.78, 5) is 12.1. The summed E-state index contributed by atoms with van der Waals surface area (Å²) in [6.45, 7) is 2.02. The van der Waals surface area contributed by atoms with Crippen LogP contribution in [0.25, 0.3) is 0 Å². The summed E-state index contributed by atoms with van der Waals surface area (Å²) in [6, 6.07) is 2.66. The van der Waals surface area contributed by atoms with Crippen LogP contribution in [0.4, 0.5) is 0 Å². The first-order chi connectivity index (χ1) is 9.68. The molecule has 8 heteroatoms. The van der Waals surface area contributed by atoms with Gasteiger partial charge in [0.05, 0.1) is 14.4 Å². The van der Waals surface area contributed by atoms with E-state index in [0.717, 1.165) is 25.7 Å². The van der Waals surface area contributed by atoms with E-state index in [0.29, 0.717) is 0 Å². The summed E-state index contributed by atoms with van der Waals surface area (Å²) < 4.78 is 23.2. The molecule has 116 valence electrons. The van der Waals surface area contributed by atoms with Gasteiger partial charge in [-0.15, -0.1) is 0 Å². The van der Waals surface area contributed by atoms with E-state index in [1.165, 1.54) is 12.1 Å². The molecule has 1 saturated carbocycles. The fraction of sp³-hybridized carbons (Fsp3) is 0.462. The lowest BCUT2D eigenvalue weighted by Crippen LogP contribution is -2.53. The van der Waals surface area contributed by atoms with Crippen molar-refractivity contribution in [2.45, 2.75) is 43.0 Å². The number of hydrogen-bond donors (Lipinski definition) is 1. The lowest BCUT2D eigenvalue weighted by atomic mass is 9.74. The molecule has 4 nitrogen and oxygen atoms in total. The van der Waals surface area contributed by atoms with Crippen molar-refractivity contribution in [2.24, 2.45) is 0 Å². The first kappa shape index (κ1) is 17.1. The predicted molar refractivity (Wildman–Crippen MR) is 86.5 cm³/mol. The second-order valence-electron chi connectivity index (χ2n) is 5.15. The molecular weight excluding hydrogens is 401 g/mol. The van der Waals surface area contributed by atoms with Crippen molar-refractivity contribution in [3.63, 3.8) is 0 Å². The van der Waals surface area contributed by atoms with Crippen molar-refractivity contribution in [3.05, 3.63) is 27.2 Å². The molecule has 1 amide bonds. The van der Waals surface area contributed by atoms with E-state index in [9.17, 15) is 13.2 Å².